The first-order valence-electron chi connectivity index (χ1n) is 11.2. The largest absolute Gasteiger partial charge is 0.497 e. The van der Waals surface area contributed by atoms with E-state index in [9.17, 15) is 9.18 Å². The Labute approximate surface area is 181 Å². The molecule has 5 nitrogen and oxygen atoms in total. The number of piperidine rings is 1. The van der Waals surface area contributed by atoms with Gasteiger partial charge in [-0.2, -0.15) is 0 Å². The molecule has 0 N–H and O–H groups in total. The summed E-state index contributed by atoms with van der Waals surface area (Å²) in [6.45, 7) is 1.47. The zero-order chi connectivity index (χ0) is 21.4. The predicted octanol–water partition coefficient (Wildman–Crippen LogP) is 4.86. The Bertz CT molecular complexity index is 1100. The van der Waals surface area contributed by atoms with E-state index in [-0.39, 0.29) is 11.7 Å². The Balaban J connectivity index is 1.31. The number of ether oxygens (including phenoxy) is 1. The van der Waals surface area contributed by atoms with Gasteiger partial charge in [0.15, 0.2) is 0 Å². The highest BCUT2D eigenvalue weighted by Crippen LogP contribution is 2.40. The Kier molecular flexibility index (Phi) is 5.38. The molecule has 0 bridgehead atoms. The Morgan fingerprint density at radius 3 is 2.65 bits per heavy atom. The van der Waals surface area contributed by atoms with Gasteiger partial charge in [0, 0.05) is 31.1 Å². The van der Waals surface area contributed by atoms with Crippen molar-refractivity contribution >= 4 is 16.9 Å². The molecule has 1 aliphatic carbocycles. The second-order valence-electron chi connectivity index (χ2n) is 8.74. The SMILES string of the molecule is COc1cccc(CC(=O)N2CCC(n3c(C4CCC4)nc4cc(F)ccc43)CC2)c1. The fourth-order valence-electron chi connectivity index (χ4n) is 4.87. The van der Waals surface area contributed by atoms with Crippen LogP contribution in [0.3, 0.4) is 0 Å². The molecule has 3 aromatic rings. The van der Waals surface area contributed by atoms with Gasteiger partial charge in [-0.05, 0) is 55.5 Å². The van der Waals surface area contributed by atoms with E-state index in [4.69, 9.17) is 9.72 Å². The van der Waals surface area contributed by atoms with E-state index in [2.05, 4.69) is 4.57 Å². The number of hydrogen-bond donors (Lipinski definition) is 0. The number of carbonyl (C=O) groups is 1. The average Bonchev–Trinajstić information content (AvgIpc) is 3.10. The van der Waals surface area contributed by atoms with Crippen molar-refractivity contribution in [2.24, 2.45) is 0 Å². The van der Waals surface area contributed by atoms with Gasteiger partial charge in [0.25, 0.3) is 0 Å². The van der Waals surface area contributed by atoms with Crippen molar-refractivity contribution in [2.45, 2.75) is 50.5 Å². The highest BCUT2D eigenvalue weighted by molar-refractivity contribution is 5.79. The summed E-state index contributed by atoms with van der Waals surface area (Å²) in [6, 6.07) is 12.9. The van der Waals surface area contributed by atoms with E-state index < -0.39 is 0 Å². The van der Waals surface area contributed by atoms with Gasteiger partial charge in [0.2, 0.25) is 5.91 Å². The summed E-state index contributed by atoms with van der Waals surface area (Å²) in [5.74, 6) is 2.27. The van der Waals surface area contributed by atoms with Crippen molar-refractivity contribution < 1.29 is 13.9 Å². The molecule has 0 unspecified atom stereocenters. The number of nitrogens with zero attached hydrogens (tertiary/aromatic N) is 3. The highest BCUT2D eigenvalue weighted by Gasteiger charge is 2.31. The molecule has 2 heterocycles. The third-order valence-corrected chi connectivity index (χ3v) is 6.82. The lowest BCUT2D eigenvalue weighted by Crippen LogP contribution is -2.40. The van der Waals surface area contributed by atoms with Crippen molar-refractivity contribution in [1.82, 2.24) is 14.5 Å². The quantitative estimate of drug-likeness (QED) is 0.591. The smallest absolute Gasteiger partial charge is 0.226 e. The van der Waals surface area contributed by atoms with Gasteiger partial charge in [-0.1, -0.05) is 18.6 Å². The van der Waals surface area contributed by atoms with E-state index in [1.165, 1.54) is 12.5 Å². The van der Waals surface area contributed by atoms with Crippen LogP contribution in [0.5, 0.6) is 5.75 Å². The molecule has 1 amide bonds. The number of imidazole rings is 1. The third kappa shape index (κ3) is 3.91. The number of halogens is 1. The van der Waals surface area contributed by atoms with Crippen molar-refractivity contribution in [2.75, 3.05) is 20.2 Å². The maximum absolute atomic E-state index is 13.8. The molecule has 31 heavy (non-hydrogen) atoms. The van der Waals surface area contributed by atoms with Gasteiger partial charge in [-0.15, -0.1) is 0 Å². The second kappa shape index (κ2) is 8.33. The molecule has 1 aromatic heterocycles. The number of amides is 1. The highest BCUT2D eigenvalue weighted by atomic mass is 19.1. The predicted molar refractivity (Wildman–Crippen MR) is 118 cm³/mol. The van der Waals surface area contributed by atoms with Crippen LogP contribution in [-0.4, -0.2) is 40.6 Å². The van der Waals surface area contributed by atoms with Gasteiger partial charge >= 0.3 is 0 Å². The van der Waals surface area contributed by atoms with Crippen LogP contribution >= 0.6 is 0 Å². The maximum atomic E-state index is 13.8. The topological polar surface area (TPSA) is 47.4 Å². The van der Waals surface area contributed by atoms with Crippen molar-refractivity contribution in [3.8, 4) is 5.75 Å². The van der Waals surface area contributed by atoms with E-state index in [0.717, 1.165) is 66.9 Å². The summed E-state index contributed by atoms with van der Waals surface area (Å²) in [5.41, 5.74) is 2.74. The van der Waals surface area contributed by atoms with Crippen LogP contribution in [0, 0.1) is 5.82 Å². The van der Waals surface area contributed by atoms with Crippen molar-refractivity contribution in [3.05, 3.63) is 59.7 Å². The zero-order valence-electron chi connectivity index (χ0n) is 17.9. The minimum atomic E-state index is -0.240. The number of likely N-dealkylation sites (tertiary alicyclic amines) is 1. The number of methoxy groups -OCH3 is 1. The first-order valence-corrected chi connectivity index (χ1v) is 11.2. The summed E-state index contributed by atoms with van der Waals surface area (Å²) < 4.78 is 21.4. The van der Waals surface area contributed by atoms with Gasteiger partial charge < -0.3 is 14.2 Å². The first-order chi connectivity index (χ1) is 15.1. The number of carbonyl (C=O) groups excluding carboxylic acids is 1. The van der Waals surface area contributed by atoms with Crippen molar-refractivity contribution in [1.29, 1.82) is 0 Å². The fraction of sp³-hybridized carbons (Fsp3) is 0.440. The van der Waals surface area contributed by atoms with E-state index in [0.29, 0.717) is 18.4 Å². The first kappa shape index (κ1) is 20.0. The summed E-state index contributed by atoms with van der Waals surface area (Å²) in [4.78, 5) is 19.7. The van der Waals surface area contributed by atoms with E-state index in [1.807, 2.05) is 35.2 Å². The minimum Gasteiger partial charge on any atom is -0.497 e. The molecule has 0 radical (unpaired) electrons. The van der Waals surface area contributed by atoms with E-state index >= 15 is 0 Å². The van der Waals surface area contributed by atoms with Gasteiger partial charge in [-0.3, -0.25) is 4.79 Å². The summed E-state index contributed by atoms with van der Waals surface area (Å²) in [7, 11) is 1.64. The Morgan fingerprint density at radius 1 is 1.13 bits per heavy atom. The summed E-state index contributed by atoms with van der Waals surface area (Å²) in [6.07, 6.45) is 5.73. The molecule has 2 aromatic carbocycles. The molecule has 162 valence electrons. The summed E-state index contributed by atoms with van der Waals surface area (Å²) in [5, 5.41) is 0. The molecule has 1 aliphatic heterocycles. The van der Waals surface area contributed by atoms with Crippen molar-refractivity contribution in [3.63, 3.8) is 0 Å². The number of fused-ring (bicyclic) bond motifs is 1. The maximum Gasteiger partial charge on any atom is 0.226 e. The number of benzene rings is 2. The van der Waals surface area contributed by atoms with Crippen LogP contribution in [0.15, 0.2) is 42.5 Å². The van der Waals surface area contributed by atoms with Gasteiger partial charge in [0.1, 0.15) is 17.4 Å². The van der Waals surface area contributed by atoms with Crippen LogP contribution in [0.2, 0.25) is 0 Å². The molecule has 6 heteroatoms. The zero-order valence-corrected chi connectivity index (χ0v) is 17.9. The van der Waals surface area contributed by atoms with Gasteiger partial charge in [-0.25, -0.2) is 9.37 Å². The van der Waals surface area contributed by atoms with Crippen LogP contribution in [0.1, 0.15) is 55.5 Å². The number of hydrogen-bond acceptors (Lipinski definition) is 3. The molecule has 0 spiro atoms. The Morgan fingerprint density at radius 2 is 1.94 bits per heavy atom. The van der Waals surface area contributed by atoms with Crippen LogP contribution < -0.4 is 4.74 Å². The van der Waals surface area contributed by atoms with Crippen LogP contribution in [0.25, 0.3) is 11.0 Å². The molecule has 1 saturated heterocycles. The van der Waals surface area contributed by atoms with Crippen LogP contribution in [0.4, 0.5) is 4.39 Å². The number of rotatable bonds is 5. The standard InChI is InChI=1S/C25H28FN3O2/c1-31-21-7-2-4-17(14-21)15-24(30)28-12-10-20(11-13-28)29-23-9-8-19(26)16-22(23)27-25(29)18-5-3-6-18/h2,4,7-9,14,16,18,20H,3,5-6,10-13,15H2,1H3. The van der Waals surface area contributed by atoms with E-state index in [1.54, 1.807) is 13.2 Å². The summed E-state index contributed by atoms with van der Waals surface area (Å²) >= 11 is 0. The monoisotopic (exact) mass is 421 g/mol. The Hall–Kier alpha value is -2.89. The second-order valence-corrected chi connectivity index (χ2v) is 8.74. The minimum absolute atomic E-state index is 0.156. The molecular weight excluding hydrogens is 393 g/mol. The molecule has 2 fully saturated rings. The lowest BCUT2D eigenvalue weighted by atomic mass is 9.84. The molecule has 0 atom stereocenters. The van der Waals surface area contributed by atoms with Gasteiger partial charge in [0.05, 0.1) is 24.6 Å². The average molecular weight is 422 g/mol. The fourth-order valence-corrected chi connectivity index (χ4v) is 4.87. The molecule has 1 saturated carbocycles. The van der Waals surface area contributed by atoms with Crippen LogP contribution in [-0.2, 0) is 11.2 Å². The molecule has 2 aliphatic rings. The molecular formula is C25H28FN3O2. The number of aromatic nitrogens is 2. The lowest BCUT2D eigenvalue weighted by molar-refractivity contribution is -0.131. The molecule has 5 rings (SSSR count). The lowest BCUT2D eigenvalue weighted by Gasteiger charge is -2.35. The normalized spacial score (nSPS) is 17.7. The third-order valence-electron chi connectivity index (χ3n) is 6.82.